The molecule has 4 rings (SSSR count). The van der Waals surface area contributed by atoms with Gasteiger partial charge in [-0.2, -0.15) is 0 Å². The Morgan fingerprint density at radius 2 is 1.83 bits per heavy atom. The molecule has 9 heteroatoms. The number of likely N-dealkylation sites (tertiary alicyclic amines) is 1. The molecule has 0 bridgehead atoms. The molecular weight excluding hydrogens is 394 g/mol. The summed E-state index contributed by atoms with van der Waals surface area (Å²) in [6.45, 7) is 2.58. The smallest absolute Gasteiger partial charge is 0.249 e. The van der Waals surface area contributed by atoms with Gasteiger partial charge in [0.1, 0.15) is 6.04 Å². The van der Waals surface area contributed by atoms with E-state index in [0.717, 1.165) is 25.7 Å². The van der Waals surface area contributed by atoms with Crippen LogP contribution in [-0.4, -0.2) is 54.9 Å². The van der Waals surface area contributed by atoms with Crippen LogP contribution in [0.5, 0.6) is 0 Å². The molecule has 0 aromatic rings. The number of sulfonamides is 1. The fourth-order valence-electron chi connectivity index (χ4n) is 5.70. The van der Waals surface area contributed by atoms with Gasteiger partial charge in [0, 0.05) is 24.9 Å². The minimum atomic E-state index is -3.36. The molecule has 2 aliphatic carbocycles. The second-order valence-electron chi connectivity index (χ2n) is 9.39. The van der Waals surface area contributed by atoms with Gasteiger partial charge in [0.05, 0.1) is 5.25 Å². The monoisotopic (exact) mass is 425 g/mol. The minimum Gasteiger partial charge on any atom is -0.330 e. The Bertz CT molecular complexity index is 798. The van der Waals surface area contributed by atoms with Gasteiger partial charge >= 0.3 is 0 Å². The number of imide groups is 1. The van der Waals surface area contributed by atoms with Crippen molar-refractivity contribution in [3.8, 4) is 0 Å². The van der Waals surface area contributed by atoms with Crippen LogP contribution in [0.1, 0.15) is 64.7 Å². The van der Waals surface area contributed by atoms with Crippen LogP contribution in [0.2, 0.25) is 0 Å². The summed E-state index contributed by atoms with van der Waals surface area (Å²) in [7, 11) is -3.36. The van der Waals surface area contributed by atoms with Crippen molar-refractivity contribution in [1.29, 1.82) is 0 Å². The average molecular weight is 426 g/mol. The van der Waals surface area contributed by atoms with Crippen molar-refractivity contribution in [2.75, 3.05) is 6.54 Å². The van der Waals surface area contributed by atoms with Crippen LogP contribution in [0, 0.1) is 17.8 Å². The van der Waals surface area contributed by atoms with Crippen molar-refractivity contribution in [3.05, 3.63) is 0 Å². The Kier molecular flexibility index (Phi) is 5.72. The van der Waals surface area contributed by atoms with E-state index >= 15 is 0 Å². The number of hydrogen-bond donors (Lipinski definition) is 2. The maximum atomic E-state index is 12.9. The summed E-state index contributed by atoms with van der Waals surface area (Å²) < 4.78 is 28.7. The van der Waals surface area contributed by atoms with E-state index in [-0.39, 0.29) is 41.4 Å². The zero-order valence-electron chi connectivity index (χ0n) is 16.9. The van der Waals surface area contributed by atoms with Crippen LogP contribution in [0.3, 0.4) is 0 Å². The third-order valence-electron chi connectivity index (χ3n) is 7.26. The first-order chi connectivity index (χ1) is 13.7. The van der Waals surface area contributed by atoms with Crippen LogP contribution in [0.15, 0.2) is 0 Å². The molecule has 2 heterocycles. The molecule has 2 aliphatic heterocycles. The van der Waals surface area contributed by atoms with E-state index in [0.29, 0.717) is 38.1 Å². The molecule has 8 nitrogen and oxygen atoms in total. The lowest BCUT2D eigenvalue weighted by molar-refractivity contribution is -0.144. The number of nitrogens with zero attached hydrogens (tertiary/aromatic N) is 1. The van der Waals surface area contributed by atoms with Crippen LogP contribution < -0.4 is 10.0 Å². The highest BCUT2D eigenvalue weighted by atomic mass is 32.2. The molecule has 4 aliphatic rings. The van der Waals surface area contributed by atoms with Gasteiger partial charge in [-0.25, -0.2) is 13.1 Å². The van der Waals surface area contributed by atoms with Crippen LogP contribution >= 0.6 is 0 Å². The summed E-state index contributed by atoms with van der Waals surface area (Å²) in [6, 6.07) is -0.724. The Hall–Kier alpha value is -1.48. The van der Waals surface area contributed by atoms with E-state index in [1.807, 2.05) is 0 Å². The Labute approximate surface area is 172 Å². The lowest BCUT2D eigenvalue weighted by Gasteiger charge is -2.33. The van der Waals surface area contributed by atoms with Gasteiger partial charge in [-0.05, 0) is 50.4 Å². The highest BCUT2D eigenvalue weighted by Gasteiger charge is 2.48. The van der Waals surface area contributed by atoms with Gasteiger partial charge in [-0.1, -0.05) is 19.8 Å². The number of fused-ring (bicyclic) bond motifs is 1. The number of rotatable bonds is 4. The normalized spacial score (nSPS) is 38.7. The molecule has 162 valence electrons. The zero-order chi connectivity index (χ0) is 20.8. The molecule has 2 N–H and O–H groups in total. The molecule has 0 aromatic carbocycles. The molecule has 2 saturated heterocycles. The molecule has 4 fully saturated rings. The van der Waals surface area contributed by atoms with Crippen molar-refractivity contribution in [1.82, 2.24) is 14.9 Å². The summed E-state index contributed by atoms with van der Waals surface area (Å²) >= 11 is 0. The van der Waals surface area contributed by atoms with Gasteiger partial charge < -0.3 is 4.90 Å². The summed E-state index contributed by atoms with van der Waals surface area (Å²) in [5.41, 5.74) is 0. The van der Waals surface area contributed by atoms with E-state index in [1.54, 1.807) is 4.90 Å². The number of amides is 3. The number of piperidine rings is 1. The topological polar surface area (TPSA) is 113 Å². The number of hydrogen-bond acceptors (Lipinski definition) is 5. The van der Waals surface area contributed by atoms with Gasteiger partial charge in [0.15, 0.2) is 0 Å². The molecule has 0 aromatic heterocycles. The fraction of sp³-hybridized carbons (Fsp3) is 0.850. The van der Waals surface area contributed by atoms with Crippen molar-refractivity contribution in [2.45, 2.75) is 82.0 Å². The minimum absolute atomic E-state index is 0.0214. The zero-order valence-corrected chi connectivity index (χ0v) is 17.7. The van der Waals surface area contributed by atoms with Crippen molar-refractivity contribution < 1.29 is 22.8 Å². The fourth-order valence-corrected chi connectivity index (χ4v) is 7.63. The molecule has 6 unspecified atom stereocenters. The molecule has 0 radical (unpaired) electrons. The van der Waals surface area contributed by atoms with Gasteiger partial charge in [-0.15, -0.1) is 0 Å². The third-order valence-corrected chi connectivity index (χ3v) is 9.23. The predicted octanol–water partition coefficient (Wildman–Crippen LogP) is 0.917. The van der Waals surface area contributed by atoms with E-state index in [1.165, 1.54) is 0 Å². The Balaban J connectivity index is 1.38. The highest BCUT2D eigenvalue weighted by Crippen LogP contribution is 2.39. The maximum Gasteiger partial charge on any atom is 0.249 e. The van der Waals surface area contributed by atoms with E-state index < -0.39 is 22.0 Å². The molecular formula is C20H31N3O5S. The Morgan fingerprint density at radius 3 is 2.55 bits per heavy atom. The quantitative estimate of drug-likeness (QED) is 0.651. The standard InChI is InChI=1S/C20H31N3O5S/c1-12-3-2-4-15(9-12)29(27,28)22-14-5-6-16-13(10-14)11-23(20(16)26)17-7-8-18(24)21-19(17)25/h12-17,22H,2-11H2,1H3,(H,21,24,25). The van der Waals surface area contributed by atoms with Crippen LogP contribution in [0.25, 0.3) is 0 Å². The van der Waals surface area contributed by atoms with Crippen LogP contribution in [-0.2, 0) is 24.4 Å². The largest absolute Gasteiger partial charge is 0.330 e. The average Bonchev–Trinajstić information content (AvgIpc) is 2.97. The van der Waals surface area contributed by atoms with Gasteiger partial charge in [-0.3, -0.25) is 19.7 Å². The highest BCUT2D eigenvalue weighted by molar-refractivity contribution is 7.90. The SMILES string of the molecule is CC1CCCC(S(=O)(=O)NC2CCC3C(=O)N(C4CCC(=O)NC4=O)CC3C2)C1. The molecule has 6 atom stereocenters. The second kappa shape index (κ2) is 7.98. The predicted molar refractivity (Wildman–Crippen MR) is 106 cm³/mol. The molecule has 0 spiro atoms. The number of carbonyl (C=O) groups excluding carboxylic acids is 3. The maximum absolute atomic E-state index is 12.9. The summed E-state index contributed by atoms with van der Waals surface area (Å²) in [5.74, 6) is -0.350. The number of carbonyl (C=O) groups is 3. The summed E-state index contributed by atoms with van der Waals surface area (Å²) in [6.07, 6.45) is 6.02. The summed E-state index contributed by atoms with van der Waals surface area (Å²) in [4.78, 5) is 38.1. The van der Waals surface area contributed by atoms with Crippen molar-refractivity contribution in [3.63, 3.8) is 0 Å². The third kappa shape index (κ3) is 4.21. The van der Waals surface area contributed by atoms with Gasteiger partial charge in [0.25, 0.3) is 0 Å². The van der Waals surface area contributed by atoms with Crippen molar-refractivity contribution >= 4 is 27.7 Å². The molecule has 3 amide bonds. The molecule has 2 saturated carbocycles. The van der Waals surface area contributed by atoms with Gasteiger partial charge in [0.2, 0.25) is 27.7 Å². The van der Waals surface area contributed by atoms with E-state index in [9.17, 15) is 22.8 Å². The Morgan fingerprint density at radius 1 is 1.03 bits per heavy atom. The molecule has 29 heavy (non-hydrogen) atoms. The van der Waals surface area contributed by atoms with E-state index in [2.05, 4.69) is 17.0 Å². The van der Waals surface area contributed by atoms with Crippen molar-refractivity contribution in [2.24, 2.45) is 17.8 Å². The first-order valence-electron chi connectivity index (χ1n) is 10.9. The second-order valence-corrected chi connectivity index (χ2v) is 11.4. The lowest BCUT2D eigenvalue weighted by Crippen LogP contribution is -2.53. The van der Waals surface area contributed by atoms with Crippen LogP contribution in [0.4, 0.5) is 0 Å². The lowest BCUT2D eigenvalue weighted by atomic mass is 9.79. The van der Waals surface area contributed by atoms with E-state index in [4.69, 9.17) is 0 Å². The first kappa shape index (κ1) is 20.8. The summed E-state index contributed by atoms with van der Waals surface area (Å²) in [5, 5.41) is 2.01. The number of nitrogens with one attached hydrogen (secondary N) is 2. The first-order valence-corrected chi connectivity index (χ1v) is 12.4.